The molecule has 0 radical (unpaired) electrons. The summed E-state index contributed by atoms with van der Waals surface area (Å²) < 4.78 is 28.0. The number of imidazole rings is 1. The van der Waals surface area contributed by atoms with Crippen molar-refractivity contribution in [3.05, 3.63) is 59.9 Å². The second-order valence-electron chi connectivity index (χ2n) is 7.86. The molecule has 1 amide bonds. The summed E-state index contributed by atoms with van der Waals surface area (Å²) in [6.45, 7) is 6.16. The minimum atomic E-state index is -3.79. The van der Waals surface area contributed by atoms with Crippen molar-refractivity contribution in [3.63, 3.8) is 0 Å². The van der Waals surface area contributed by atoms with Crippen LogP contribution in [0.3, 0.4) is 0 Å². The molecule has 3 rings (SSSR count). The summed E-state index contributed by atoms with van der Waals surface area (Å²) in [6.07, 6.45) is 0.932. The Morgan fingerprint density at radius 3 is 2.47 bits per heavy atom. The number of carbonyl (C=O) groups excluding carboxylic acids is 1. The maximum atomic E-state index is 12.7. The van der Waals surface area contributed by atoms with Gasteiger partial charge in [-0.3, -0.25) is 4.79 Å². The van der Waals surface area contributed by atoms with E-state index in [-0.39, 0.29) is 16.7 Å². The van der Waals surface area contributed by atoms with E-state index >= 15 is 0 Å². The lowest BCUT2D eigenvalue weighted by Crippen LogP contribution is -2.47. The number of amides is 1. The number of nitrogens with one attached hydrogen (secondary N) is 3. The molecule has 3 N–H and O–H groups in total. The van der Waals surface area contributed by atoms with Gasteiger partial charge in [0.05, 0.1) is 15.9 Å². The lowest BCUT2D eigenvalue weighted by atomic mass is 10.0. The van der Waals surface area contributed by atoms with Crippen molar-refractivity contribution in [2.24, 2.45) is 5.92 Å². The van der Waals surface area contributed by atoms with E-state index in [2.05, 4.69) is 20.0 Å². The van der Waals surface area contributed by atoms with Gasteiger partial charge in [0.15, 0.2) is 0 Å². The Morgan fingerprint density at radius 2 is 1.80 bits per heavy atom. The third kappa shape index (κ3) is 5.67. The number of aromatic amines is 1. The molecule has 160 valence electrons. The Bertz CT molecular complexity index is 1070. The van der Waals surface area contributed by atoms with Crippen molar-refractivity contribution in [3.8, 4) is 0 Å². The summed E-state index contributed by atoms with van der Waals surface area (Å²) in [4.78, 5) is 20.6. The molecule has 30 heavy (non-hydrogen) atoms. The lowest BCUT2D eigenvalue weighted by Gasteiger charge is -2.20. The van der Waals surface area contributed by atoms with Gasteiger partial charge in [-0.05, 0) is 43.5 Å². The van der Waals surface area contributed by atoms with E-state index in [1.165, 1.54) is 0 Å². The van der Waals surface area contributed by atoms with Gasteiger partial charge < -0.3 is 10.3 Å². The zero-order valence-electron chi connectivity index (χ0n) is 17.5. The topological polar surface area (TPSA) is 104 Å². The van der Waals surface area contributed by atoms with Crippen LogP contribution in [0.1, 0.15) is 31.7 Å². The van der Waals surface area contributed by atoms with E-state index in [1.54, 1.807) is 24.3 Å². The number of para-hydroxylation sites is 2. The first-order chi connectivity index (χ1) is 14.2. The zero-order chi connectivity index (χ0) is 21.7. The molecule has 1 unspecified atom stereocenters. The van der Waals surface area contributed by atoms with E-state index in [1.807, 2.05) is 45.0 Å². The predicted molar refractivity (Wildman–Crippen MR) is 118 cm³/mol. The maximum Gasteiger partial charge on any atom is 0.241 e. The van der Waals surface area contributed by atoms with Gasteiger partial charge in [0, 0.05) is 13.0 Å². The van der Waals surface area contributed by atoms with Gasteiger partial charge in [-0.25, -0.2) is 13.4 Å². The van der Waals surface area contributed by atoms with Crippen LogP contribution < -0.4 is 10.0 Å². The molecule has 0 saturated carbocycles. The molecular formula is C22H28N4O3S. The molecule has 0 aliphatic carbocycles. The standard InChI is InChI=1S/C22H28N4O3S/c1-15(2)14-20(26-30(28,29)17-10-8-16(3)9-11-17)22(27)23-13-12-21-24-18-6-4-5-7-19(18)25-21/h4-11,15,20,26H,12-14H2,1-3H3,(H,23,27)(H,24,25). The average molecular weight is 429 g/mol. The molecule has 0 saturated heterocycles. The van der Waals surface area contributed by atoms with E-state index in [4.69, 9.17) is 0 Å². The van der Waals surface area contributed by atoms with Gasteiger partial charge in [-0.2, -0.15) is 4.72 Å². The Morgan fingerprint density at radius 1 is 1.10 bits per heavy atom. The average Bonchev–Trinajstić information content (AvgIpc) is 3.10. The summed E-state index contributed by atoms with van der Waals surface area (Å²) in [5.74, 6) is 0.587. The molecule has 2 aromatic carbocycles. The molecule has 0 bridgehead atoms. The first-order valence-corrected chi connectivity index (χ1v) is 11.5. The molecule has 0 aliphatic heterocycles. The van der Waals surface area contributed by atoms with E-state index in [9.17, 15) is 13.2 Å². The highest BCUT2D eigenvalue weighted by molar-refractivity contribution is 7.89. The number of sulfonamides is 1. The van der Waals surface area contributed by atoms with Gasteiger partial charge in [-0.15, -0.1) is 0 Å². The number of aryl methyl sites for hydroxylation is 1. The lowest BCUT2D eigenvalue weighted by molar-refractivity contribution is -0.123. The summed E-state index contributed by atoms with van der Waals surface area (Å²) >= 11 is 0. The van der Waals surface area contributed by atoms with Crippen LogP contribution in [0.15, 0.2) is 53.4 Å². The van der Waals surface area contributed by atoms with Crippen molar-refractivity contribution in [2.45, 2.75) is 44.6 Å². The summed E-state index contributed by atoms with van der Waals surface area (Å²) in [5.41, 5.74) is 2.79. The fourth-order valence-electron chi connectivity index (χ4n) is 3.20. The largest absolute Gasteiger partial charge is 0.354 e. The van der Waals surface area contributed by atoms with Gasteiger partial charge in [-0.1, -0.05) is 43.7 Å². The second kappa shape index (κ2) is 9.40. The number of nitrogens with zero attached hydrogens (tertiary/aromatic N) is 1. The summed E-state index contributed by atoms with van der Waals surface area (Å²) in [6, 6.07) is 13.4. The molecule has 1 aromatic heterocycles. The van der Waals surface area contributed by atoms with Crippen LogP contribution in [0.2, 0.25) is 0 Å². The van der Waals surface area contributed by atoms with Crippen LogP contribution in [-0.4, -0.2) is 36.9 Å². The number of hydrogen-bond donors (Lipinski definition) is 3. The van der Waals surface area contributed by atoms with Crippen LogP contribution in [0.4, 0.5) is 0 Å². The number of carbonyl (C=O) groups is 1. The van der Waals surface area contributed by atoms with Crippen LogP contribution in [0.5, 0.6) is 0 Å². The third-order valence-corrected chi connectivity index (χ3v) is 6.24. The molecule has 0 aliphatic rings. The van der Waals surface area contributed by atoms with Gasteiger partial charge >= 0.3 is 0 Å². The Balaban J connectivity index is 1.63. The molecule has 1 heterocycles. The van der Waals surface area contributed by atoms with Gasteiger partial charge in [0.1, 0.15) is 11.9 Å². The van der Waals surface area contributed by atoms with Crippen LogP contribution in [-0.2, 0) is 21.2 Å². The molecule has 3 aromatic rings. The minimum absolute atomic E-state index is 0.150. The molecule has 8 heteroatoms. The highest BCUT2D eigenvalue weighted by Gasteiger charge is 2.26. The normalized spacial score (nSPS) is 12.9. The highest BCUT2D eigenvalue weighted by Crippen LogP contribution is 2.14. The molecule has 0 spiro atoms. The second-order valence-corrected chi connectivity index (χ2v) is 9.57. The number of fused-ring (bicyclic) bond motifs is 1. The quantitative estimate of drug-likeness (QED) is 0.487. The van der Waals surface area contributed by atoms with Crippen molar-refractivity contribution < 1.29 is 13.2 Å². The van der Waals surface area contributed by atoms with E-state index < -0.39 is 16.1 Å². The SMILES string of the molecule is Cc1ccc(S(=O)(=O)NC(CC(C)C)C(=O)NCCc2nc3ccccc3[nH]2)cc1. The van der Waals surface area contributed by atoms with Crippen LogP contribution in [0.25, 0.3) is 11.0 Å². The predicted octanol–water partition coefficient (Wildman–Crippen LogP) is 2.92. The minimum Gasteiger partial charge on any atom is -0.354 e. The van der Waals surface area contributed by atoms with Crippen LogP contribution in [0, 0.1) is 12.8 Å². The van der Waals surface area contributed by atoms with Crippen molar-refractivity contribution in [1.82, 2.24) is 20.0 Å². The molecular weight excluding hydrogens is 400 g/mol. The van der Waals surface area contributed by atoms with Crippen molar-refractivity contribution >= 4 is 27.0 Å². The maximum absolute atomic E-state index is 12.7. The first kappa shape index (κ1) is 22.0. The number of rotatable bonds is 9. The highest BCUT2D eigenvalue weighted by atomic mass is 32.2. The van der Waals surface area contributed by atoms with Crippen molar-refractivity contribution in [1.29, 1.82) is 0 Å². The molecule has 1 atom stereocenters. The monoisotopic (exact) mass is 428 g/mol. The zero-order valence-corrected chi connectivity index (χ0v) is 18.3. The van der Waals surface area contributed by atoms with E-state index in [0.29, 0.717) is 19.4 Å². The van der Waals surface area contributed by atoms with E-state index in [0.717, 1.165) is 22.4 Å². The number of aromatic nitrogens is 2. The van der Waals surface area contributed by atoms with Crippen LogP contribution >= 0.6 is 0 Å². The third-order valence-electron chi connectivity index (χ3n) is 4.75. The van der Waals surface area contributed by atoms with Crippen molar-refractivity contribution in [2.75, 3.05) is 6.54 Å². The Labute approximate surface area is 177 Å². The van der Waals surface area contributed by atoms with Gasteiger partial charge in [0.25, 0.3) is 0 Å². The molecule has 0 fully saturated rings. The Hall–Kier alpha value is -2.71. The number of H-pyrrole nitrogens is 1. The fourth-order valence-corrected chi connectivity index (χ4v) is 4.41. The number of hydrogen-bond acceptors (Lipinski definition) is 4. The number of benzene rings is 2. The first-order valence-electron chi connectivity index (χ1n) is 10.0. The molecule has 7 nitrogen and oxygen atoms in total. The van der Waals surface area contributed by atoms with Gasteiger partial charge in [0.2, 0.25) is 15.9 Å². The summed E-state index contributed by atoms with van der Waals surface area (Å²) in [5, 5.41) is 2.84. The fraction of sp³-hybridized carbons (Fsp3) is 0.364. The smallest absolute Gasteiger partial charge is 0.241 e. The Kier molecular flexibility index (Phi) is 6.89. The summed E-state index contributed by atoms with van der Waals surface area (Å²) in [7, 11) is -3.79.